The number of aliphatic hydroxyl groups excluding tert-OH is 2. The first kappa shape index (κ1) is 52.6. The van der Waals surface area contributed by atoms with Crippen molar-refractivity contribution in [3.8, 4) is 0 Å². The first-order valence-corrected chi connectivity index (χ1v) is 23.0. The number of allylic oxidation sites excluding steroid dienone is 4. The van der Waals surface area contributed by atoms with Crippen LogP contribution in [0.5, 0.6) is 0 Å². The van der Waals surface area contributed by atoms with E-state index in [4.69, 9.17) is 14.2 Å². The van der Waals surface area contributed by atoms with Crippen molar-refractivity contribution in [2.24, 2.45) is 0 Å². The maximum atomic E-state index is 12.6. The van der Waals surface area contributed by atoms with E-state index in [2.05, 4.69) is 43.5 Å². The smallest absolute Gasteiger partial charge is 0.407 e. The van der Waals surface area contributed by atoms with E-state index in [1.807, 2.05) is 4.90 Å². The third kappa shape index (κ3) is 41.7. The molecule has 0 aliphatic heterocycles. The lowest BCUT2D eigenvalue weighted by molar-refractivity contribution is -0.0293. The van der Waals surface area contributed by atoms with E-state index in [0.29, 0.717) is 52.6 Å². The van der Waals surface area contributed by atoms with Crippen LogP contribution < -0.4 is 5.32 Å². The lowest BCUT2D eigenvalue weighted by Gasteiger charge is -2.21. The van der Waals surface area contributed by atoms with Crippen molar-refractivity contribution in [1.29, 1.82) is 0 Å². The van der Waals surface area contributed by atoms with Crippen molar-refractivity contribution in [2.45, 2.75) is 200 Å². The zero-order valence-corrected chi connectivity index (χ0v) is 35.7. The second kappa shape index (κ2) is 45.9. The summed E-state index contributed by atoms with van der Waals surface area (Å²) in [6.45, 7) is 8.35. The summed E-state index contributed by atoms with van der Waals surface area (Å²) in [5.74, 6) is 0. The number of ether oxygens (including phenoxy) is 3. The molecule has 8 heteroatoms. The van der Waals surface area contributed by atoms with Gasteiger partial charge in [0.25, 0.3) is 0 Å². The fourth-order valence-corrected chi connectivity index (χ4v) is 6.58. The summed E-state index contributed by atoms with van der Waals surface area (Å²) >= 11 is 0. The lowest BCUT2D eigenvalue weighted by atomic mass is 10.1. The number of carbonyl (C=O) groups is 1. The minimum absolute atomic E-state index is 0.00912. The van der Waals surface area contributed by atoms with E-state index in [-0.39, 0.29) is 13.2 Å². The van der Waals surface area contributed by atoms with E-state index in [1.165, 1.54) is 154 Å². The van der Waals surface area contributed by atoms with Crippen LogP contribution >= 0.6 is 0 Å². The van der Waals surface area contributed by atoms with Gasteiger partial charge >= 0.3 is 6.09 Å². The summed E-state index contributed by atoms with van der Waals surface area (Å²) in [5, 5.41) is 21.2. The molecule has 3 N–H and O–H groups in total. The van der Waals surface area contributed by atoms with Crippen LogP contribution in [-0.4, -0.2) is 93.1 Å². The Morgan fingerprint density at radius 3 is 1.24 bits per heavy atom. The fraction of sp³-hybridized carbons (Fsp3) is 0.891. The molecule has 0 saturated carbocycles. The summed E-state index contributed by atoms with van der Waals surface area (Å²) in [4.78, 5) is 14.5. The molecule has 320 valence electrons. The highest BCUT2D eigenvalue weighted by molar-refractivity contribution is 5.67. The Morgan fingerprint density at radius 2 is 0.870 bits per heavy atom. The summed E-state index contributed by atoms with van der Waals surface area (Å²) in [5.41, 5.74) is 0. The zero-order valence-electron chi connectivity index (χ0n) is 35.7. The SMILES string of the molecule is CCCCCCCC/C=C\CCCCCCCCOCC(COCCCCCCCC/C=C\CCCCCCCC)OC(=O)NCCN(CCO)CCO. The summed E-state index contributed by atoms with van der Waals surface area (Å²) in [6, 6.07) is 0. The number of unbranched alkanes of at least 4 members (excludes halogenated alkanes) is 24. The Hall–Kier alpha value is -1.45. The van der Waals surface area contributed by atoms with Gasteiger partial charge in [0, 0.05) is 39.4 Å². The van der Waals surface area contributed by atoms with Crippen molar-refractivity contribution in [2.75, 3.05) is 65.8 Å². The van der Waals surface area contributed by atoms with Gasteiger partial charge in [-0.05, 0) is 64.2 Å². The first-order valence-electron chi connectivity index (χ1n) is 23.0. The van der Waals surface area contributed by atoms with Crippen LogP contribution in [0.2, 0.25) is 0 Å². The molecule has 8 nitrogen and oxygen atoms in total. The van der Waals surface area contributed by atoms with Crippen molar-refractivity contribution >= 4 is 6.09 Å². The van der Waals surface area contributed by atoms with Crippen molar-refractivity contribution in [3.63, 3.8) is 0 Å². The quantitative estimate of drug-likeness (QED) is 0.0419. The molecular formula is C46H90N2O6. The second-order valence-electron chi connectivity index (χ2n) is 15.3. The molecule has 0 aliphatic rings. The molecule has 0 aromatic rings. The largest absolute Gasteiger partial charge is 0.441 e. The number of nitrogens with zero attached hydrogens (tertiary/aromatic N) is 1. The third-order valence-electron chi connectivity index (χ3n) is 10.0. The van der Waals surface area contributed by atoms with Crippen molar-refractivity contribution in [1.82, 2.24) is 10.2 Å². The molecule has 0 radical (unpaired) electrons. The van der Waals surface area contributed by atoms with E-state index >= 15 is 0 Å². The molecule has 0 aromatic heterocycles. The maximum absolute atomic E-state index is 12.6. The predicted octanol–water partition coefficient (Wildman–Crippen LogP) is 11.5. The van der Waals surface area contributed by atoms with Crippen molar-refractivity contribution < 1.29 is 29.2 Å². The molecule has 0 saturated heterocycles. The summed E-state index contributed by atoms with van der Waals surface area (Å²) < 4.78 is 17.6. The predicted molar refractivity (Wildman–Crippen MR) is 229 cm³/mol. The fourth-order valence-electron chi connectivity index (χ4n) is 6.58. The highest BCUT2D eigenvalue weighted by Gasteiger charge is 2.16. The number of hydrogen-bond acceptors (Lipinski definition) is 7. The van der Waals surface area contributed by atoms with Crippen LogP contribution in [0.25, 0.3) is 0 Å². The topological polar surface area (TPSA) is 100 Å². The molecule has 0 unspecified atom stereocenters. The highest BCUT2D eigenvalue weighted by Crippen LogP contribution is 2.12. The number of nitrogens with one attached hydrogen (secondary N) is 1. The molecule has 0 rings (SSSR count). The standard InChI is InChI=1S/C46H90N2O6/c1-3-5-7-9-11-13-15-17-19-21-23-25-27-29-31-33-41-52-43-45(54-46(51)47-35-36-48(37-39-49)38-40-50)44-53-42-34-32-30-28-26-24-22-20-18-16-14-12-10-8-6-4-2/h17-20,45,49-50H,3-16,21-44H2,1-2H3,(H,47,51)/b19-17-,20-18-. The summed E-state index contributed by atoms with van der Waals surface area (Å²) in [7, 11) is 0. The second-order valence-corrected chi connectivity index (χ2v) is 15.3. The molecule has 54 heavy (non-hydrogen) atoms. The Kier molecular flexibility index (Phi) is 44.7. The van der Waals surface area contributed by atoms with Gasteiger partial charge in [-0.3, -0.25) is 4.90 Å². The monoisotopic (exact) mass is 767 g/mol. The van der Waals surface area contributed by atoms with Crippen LogP contribution in [0.4, 0.5) is 4.79 Å². The molecule has 0 spiro atoms. The van der Waals surface area contributed by atoms with Crippen LogP contribution in [0, 0.1) is 0 Å². The number of amides is 1. The lowest BCUT2D eigenvalue weighted by Crippen LogP contribution is -2.40. The molecule has 0 fully saturated rings. The number of rotatable bonds is 44. The van der Waals surface area contributed by atoms with Gasteiger partial charge in [-0.2, -0.15) is 0 Å². The molecule has 0 atom stereocenters. The number of carbonyl (C=O) groups excluding carboxylic acids is 1. The minimum Gasteiger partial charge on any atom is -0.441 e. The first-order chi connectivity index (χ1) is 26.7. The van der Waals surface area contributed by atoms with Gasteiger partial charge < -0.3 is 29.7 Å². The number of aliphatic hydroxyl groups is 2. The summed E-state index contributed by atoms with van der Waals surface area (Å²) in [6.07, 6.45) is 44.4. The minimum atomic E-state index is -0.491. The van der Waals surface area contributed by atoms with Crippen LogP contribution in [0.3, 0.4) is 0 Å². The molecule has 0 aliphatic carbocycles. The van der Waals surface area contributed by atoms with Gasteiger partial charge in [0.2, 0.25) is 0 Å². The Bertz CT molecular complexity index is 743. The molecular weight excluding hydrogens is 677 g/mol. The normalized spacial score (nSPS) is 12.0. The van der Waals surface area contributed by atoms with Gasteiger partial charge in [-0.15, -0.1) is 0 Å². The third-order valence-corrected chi connectivity index (χ3v) is 10.0. The average Bonchev–Trinajstić information content (AvgIpc) is 3.17. The Labute approximate surface area is 334 Å². The van der Waals surface area contributed by atoms with E-state index in [1.54, 1.807) is 0 Å². The van der Waals surface area contributed by atoms with E-state index in [9.17, 15) is 15.0 Å². The molecule has 0 heterocycles. The van der Waals surface area contributed by atoms with Gasteiger partial charge in [0.05, 0.1) is 26.4 Å². The van der Waals surface area contributed by atoms with Crippen LogP contribution in [-0.2, 0) is 14.2 Å². The van der Waals surface area contributed by atoms with Gasteiger partial charge in [-0.25, -0.2) is 4.79 Å². The van der Waals surface area contributed by atoms with Crippen LogP contribution in [0.15, 0.2) is 24.3 Å². The highest BCUT2D eigenvalue weighted by atomic mass is 16.6. The van der Waals surface area contributed by atoms with Crippen LogP contribution in [0.1, 0.15) is 194 Å². The van der Waals surface area contributed by atoms with Gasteiger partial charge in [0.15, 0.2) is 6.10 Å². The van der Waals surface area contributed by atoms with E-state index < -0.39 is 12.2 Å². The van der Waals surface area contributed by atoms with Gasteiger partial charge in [0.1, 0.15) is 0 Å². The average molecular weight is 767 g/mol. The zero-order chi connectivity index (χ0) is 39.3. The molecule has 0 bridgehead atoms. The van der Waals surface area contributed by atoms with Crippen molar-refractivity contribution in [3.05, 3.63) is 24.3 Å². The molecule has 0 aromatic carbocycles. The number of alkyl carbamates (subject to hydrolysis) is 1. The Morgan fingerprint density at radius 1 is 0.519 bits per heavy atom. The van der Waals surface area contributed by atoms with Gasteiger partial charge in [-0.1, -0.05) is 154 Å². The van der Waals surface area contributed by atoms with E-state index in [0.717, 1.165) is 25.7 Å². The molecule has 1 amide bonds. The maximum Gasteiger partial charge on any atom is 0.407 e. The number of hydrogen-bond donors (Lipinski definition) is 3. The Balaban J connectivity index is 4.12.